The number of nitrogens with zero attached hydrogens (tertiary/aromatic N) is 1. The summed E-state index contributed by atoms with van der Waals surface area (Å²) >= 11 is 0. The Hall–Kier alpha value is -1.55. The van der Waals surface area contributed by atoms with Crippen LogP contribution in [0, 0.1) is 6.92 Å². The molecule has 2 N–H and O–H groups in total. The molecular formula is C16H25N3O. The van der Waals surface area contributed by atoms with Crippen molar-refractivity contribution in [2.75, 3.05) is 30.8 Å². The van der Waals surface area contributed by atoms with E-state index in [4.69, 9.17) is 0 Å². The van der Waals surface area contributed by atoms with Gasteiger partial charge < -0.3 is 15.5 Å². The maximum atomic E-state index is 11.5. The van der Waals surface area contributed by atoms with Crippen molar-refractivity contribution in [3.8, 4) is 0 Å². The largest absolute Gasteiger partial charge is 0.381 e. The van der Waals surface area contributed by atoms with Gasteiger partial charge in [-0.1, -0.05) is 13.0 Å². The number of carbonyl (C=O) groups excluding carboxylic acids is 1. The number of likely N-dealkylation sites (tertiary alicyclic amines) is 1. The van der Waals surface area contributed by atoms with Crippen molar-refractivity contribution in [2.24, 2.45) is 0 Å². The monoisotopic (exact) mass is 275 g/mol. The van der Waals surface area contributed by atoms with Crippen molar-refractivity contribution in [3.63, 3.8) is 0 Å². The molecule has 0 spiro atoms. The van der Waals surface area contributed by atoms with E-state index in [0.29, 0.717) is 12.5 Å². The Balaban J connectivity index is 2.08. The number of anilines is 2. The summed E-state index contributed by atoms with van der Waals surface area (Å²) in [6.07, 6.45) is 2.94. The van der Waals surface area contributed by atoms with Gasteiger partial charge in [-0.15, -0.1) is 0 Å². The Kier molecular flexibility index (Phi) is 5.01. The second kappa shape index (κ2) is 6.75. The van der Waals surface area contributed by atoms with E-state index in [9.17, 15) is 4.79 Å². The molecule has 1 saturated heterocycles. The quantitative estimate of drug-likeness (QED) is 0.888. The first-order valence-corrected chi connectivity index (χ1v) is 7.44. The molecule has 1 aliphatic rings. The summed E-state index contributed by atoms with van der Waals surface area (Å²) in [5.41, 5.74) is 3.15. The highest BCUT2D eigenvalue weighted by Crippen LogP contribution is 2.25. The Morgan fingerprint density at radius 3 is 2.85 bits per heavy atom. The molecule has 1 heterocycles. The zero-order chi connectivity index (χ0) is 14.5. The van der Waals surface area contributed by atoms with E-state index in [2.05, 4.69) is 35.6 Å². The zero-order valence-corrected chi connectivity index (χ0v) is 12.7. The zero-order valence-electron chi connectivity index (χ0n) is 12.7. The minimum absolute atomic E-state index is 0.0580. The normalized spacial score (nSPS) is 19.6. The fourth-order valence-corrected chi connectivity index (χ4v) is 2.67. The molecule has 1 aromatic rings. The molecule has 0 bridgehead atoms. The van der Waals surface area contributed by atoms with Crippen molar-refractivity contribution >= 4 is 17.3 Å². The molecule has 1 aliphatic heterocycles. The van der Waals surface area contributed by atoms with Gasteiger partial charge in [-0.25, -0.2) is 0 Å². The van der Waals surface area contributed by atoms with Crippen LogP contribution < -0.4 is 10.6 Å². The molecule has 0 radical (unpaired) electrons. The van der Waals surface area contributed by atoms with Crippen molar-refractivity contribution < 1.29 is 4.79 Å². The van der Waals surface area contributed by atoms with E-state index in [0.717, 1.165) is 23.5 Å². The number of amides is 1. The van der Waals surface area contributed by atoms with Gasteiger partial charge >= 0.3 is 0 Å². The first-order valence-electron chi connectivity index (χ1n) is 7.44. The van der Waals surface area contributed by atoms with Crippen molar-refractivity contribution in [2.45, 2.75) is 39.2 Å². The van der Waals surface area contributed by atoms with Crippen LogP contribution in [0.2, 0.25) is 0 Å². The third-order valence-corrected chi connectivity index (χ3v) is 3.91. The molecule has 1 unspecified atom stereocenters. The summed E-state index contributed by atoms with van der Waals surface area (Å²) in [5.74, 6) is 0.0580. The molecule has 4 nitrogen and oxygen atoms in total. The average Bonchev–Trinajstić information content (AvgIpc) is 2.43. The summed E-state index contributed by atoms with van der Waals surface area (Å²) in [5, 5.41) is 6.58. The lowest BCUT2D eigenvalue weighted by molar-refractivity contribution is -0.115. The topological polar surface area (TPSA) is 44.4 Å². The van der Waals surface area contributed by atoms with Crippen LogP contribution >= 0.6 is 0 Å². The fraction of sp³-hybridized carbons (Fsp3) is 0.562. The number of hydrogen-bond acceptors (Lipinski definition) is 3. The Labute approximate surface area is 121 Å². The summed E-state index contributed by atoms with van der Waals surface area (Å²) in [4.78, 5) is 13.9. The first kappa shape index (κ1) is 14.9. The summed E-state index contributed by atoms with van der Waals surface area (Å²) in [7, 11) is 2.17. The summed E-state index contributed by atoms with van der Waals surface area (Å²) in [6.45, 7) is 6.18. The number of likely N-dealkylation sites (N-methyl/N-ethyl adjacent to an activating group) is 1. The lowest BCUT2D eigenvalue weighted by Crippen LogP contribution is -2.39. The number of piperidine rings is 1. The summed E-state index contributed by atoms with van der Waals surface area (Å²) < 4.78 is 0. The summed E-state index contributed by atoms with van der Waals surface area (Å²) in [6, 6.07) is 6.53. The maximum absolute atomic E-state index is 11.5. The Bertz CT molecular complexity index is 473. The number of rotatable bonds is 4. The lowest BCUT2D eigenvalue weighted by Gasteiger charge is -2.31. The third-order valence-electron chi connectivity index (χ3n) is 3.91. The van der Waals surface area contributed by atoms with Gasteiger partial charge in [0.2, 0.25) is 5.91 Å². The van der Waals surface area contributed by atoms with Crippen LogP contribution in [0.4, 0.5) is 11.4 Å². The maximum Gasteiger partial charge on any atom is 0.224 e. The van der Waals surface area contributed by atoms with Crippen LogP contribution in [0.3, 0.4) is 0 Å². The van der Waals surface area contributed by atoms with Crippen LogP contribution in [0.1, 0.15) is 31.7 Å². The molecule has 1 aromatic carbocycles. The molecule has 0 saturated carbocycles. The molecule has 1 amide bonds. The number of hydrogen-bond donors (Lipinski definition) is 2. The molecule has 1 atom stereocenters. The molecule has 0 aromatic heterocycles. The highest BCUT2D eigenvalue weighted by Gasteiger charge is 2.17. The standard InChI is InChI=1S/C16H25N3O/c1-4-16(20)18-15-9-5-8-14(12(15)2)17-13-7-6-10-19(3)11-13/h5,8-9,13,17H,4,6-7,10-11H2,1-3H3,(H,18,20). The van der Waals surface area contributed by atoms with Gasteiger partial charge in [-0.05, 0) is 51.1 Å². The van der Waals surface area contributed by atoms with E-state index in [1.54, 1.807) is 0 Å². The van der Waals surface area contributed by atoms with E-state index in [-0.39, 0.29) is 5.91 Å². The van der Waals surface area contributed by atoms with Gasteiger partial charge in [-0.3, -0.25) is 4.79 Å². The minimum atomic E-state index is 0.0580. The second-order valence-corrected chi connectivity index (χ2v) is 5.63. The van der Waals surface area contributed by atoms with E-state index in [1.165, 1.54) is 19.4 Å². The van der Waals surface area contributed by atoms with Crippen molar-refractivity contribution in [1.29, 1.82) is 0 Å². The second-order valence-electron chi connectivity index (χ2n) is 5.63. The van der Waals surface area contributed by atoms with Crippen LogP contribution in [-0.2, 0) is 4.79 Å². The molecule has 2 rings (SSSR count). The highest BCUT2D eigenvalue weighted by atomic mass is 16.1. The van der Waals surface area contributed by atoms with Crippen molar-refractivity contribution in [1.82, 2.24) is 4.90 Å². The number of benzene rings is 1. The number of nitrogens with one attached hydrogen (secondary N) is 2. The molecule has 20 heavy (non-hydrogen) atoms. The van der Waals surface area contributed by atoms with Crippen LogP contribution in [0.15, 0.2) is 18.2 Å². The SMILES string of the molecule is CCC(=O)Nc1cccc(NC2CCCN(C)C2)c1C. The van der Waals surface area contributed by atoms with Gasteiger partial charge in [0.1, 0.15) is 0 Å². The van der Waals surface area contributed by atoms with Gasteiger partial charge in [0, 0.05) is 30.4 Å². The molecular weight excluding hydrogens is 250 g/mol. The Morgan fingerprint density at radius 2 is 2.15 bits per heavy atom. The molecule has 110 valence electrons. The fourth-order valence-electron chi connectivity index (χ4n) is 2.67. The molecule has 0 aliphatic carbocycles. The number of carbonyl (C=O) groups is 1. The van der Waals surface area contributed by atoms with E-state index >= 15 is 0 Å². The van der Waals surface area contributed by atoms with Gasteiger partial charge in [-0.2, -0.15) is 0 Å². The third kappa shape index (κ3) is 3.73. The minimum Gasteiger partial charge on any atom is -0.381 e. The van der Waals surface area contributed by atoms with Crippen LogP contribution in [0.5, 0.6) is 0 Å². The van der Waals surface area contributed by atoms with E-state index in [1.807, 2.05) is 19.1 Å². The van der Waals surface area contributed by atoms with Gasteiger partial charge in [0.15, 0.2) is 0 Å². The van der Waals surface area contributed by atoms with Crippen molar-refractivity contribution in [3.05, 3.63) is 23.8 Å². The smallest absolute Gasteiger partial charge is 0.224 e. The first-order chi connectivity index (χ1) is 9.60. The van der Waals surface area contributed by atoms with E-state index < -0.39 is 0 Å². The van der Waals surface area contributed by atoms with Crippen LogP contribution in [-0.4, -0.2) is 37.0 Å². The average molecular weight is 275 g/mol. The predicted molar refractivity (Wildman–Crippen MR) is 84.2 cm³/mol. The highest BCUT2D eigenvalue weighted by molar-refractivity contribution is 5.92. The van der Waals surface area contributed by atoms with Gasteiger partial charge in [0.25, 0.3) is 0 Å². The lowest BCUT2D eigenvalue weighted by atomic mass is 10.0. The predicted octanol–water partition coefficient (Wildman–Crippen LogP) is 2.85. The molecule has 4 heteroatoms. The molecule has 1 fully saturated rings. The van der Waals surface area contributed by atoms with Gasteiger partial charge in [0.05, 0.1) is 0 Å². The van der Waals surface area contributed by atoms with Crippen LogP contribution in [0.25, 0.3) is 0 Å². The Morgan fingerprint density at radius 1 is 1.40 bits per heavy atom.